The minimum absolute atomic E-state index is 0.166. The fraction of sp³-hybridized carbons (Fsp3) is 0.526. The van der Waals surface area contributed by atoms with E-state index in [0.29, 0.717) is 12.8 Å². The number of likely N-dealkylation sites (N-methyl/N-ethyl adjacent to an activating group) is 1. The van der Waals surface area contributed by atoms with E-state index in [-0.39, 0.29) is 18.4 Å². The molecule has 6 heteroatoms. The molecule has 6 nitrogen and oxygen atoms in total. The molecule has 136 valence electrons. The summed E-state index contributed by atoms with van der Waals surface area (Å²) < 4.78 is 5.18. The Hall–Kier alpha value is -2.37. The van der Waals surface area contributed by atoms with Crippen molar-refractivity contribution in [3.8, 4) is 0 Å². The maximum Gasteiger partial charge on any atom is 0.328 e. The van der Waals surface area contributed by atoms with Gasteiger partial charge in [-0.3, -0.25) is 9.59 Å². The van der Waals surface area contributed by atoms with Crippen LogP contribution in [0, 0.1) is 0 Å². The number of ether oxygens (including phenoxy) is 1. The van der Waals surface area contributed by atoms with E-state index in [4.69, 9.17) is 4.74 Å². The third-order valence-corrected chi connectivity index (χ3v) is 4.76. The highest BCUT2D eigenvalue weighted by Crippen LogP contribution is 2.23. The van der Waals surface area contributed by atoms with Gasteiger partial charge in [-0.15, -0.1) is 0 Å². The van der Waals surface area contributed by atoms with Crippen molar-refractivity contribution in [2.24, 2.45) is 0 Å². The summed E-state index contributed by atoms with van der Waals surface area (Å²) in [6.45, 7) is 5.31. The minimum atomic E-state index is -0.761. The molecule has 1 aliphatic heterocycles. The second-order valence-corrected chi connectivity index (χ2v) is 6.34. The number of carbonyl (C=O) groups excluding carboxylic acids is 3. The standard InChI is InChI=1S/C19H26N2O4/c1-5-25-19(24)16(12-11-15-9-7-6-8-10-15)21-14(3)17(22)20(4)13(2)18(21)23/h6-10,13-14,16H,5,11-12H2,1-4H3. The lowest BCUT2D eigenvalue weighted by atomic mass is 9.99. The van der Waals surface area contributed by atoms with Gasteiger partial charge in [-0.1, -0.05) is 30.3 Å². The van der Waals surface area contributed by atoms with Gasteiger partial charge in [0.25, 0.3) is 0 Å². The van der Waals surface area contributed by atoms with Gasteiger partial charge in [-0.25, -0.2) is 4.79 Å². The van der Waals surface area contributed by atoms with E-state index in [1.807, 2.05) is 30.3 Å². The highest BCUT2D eigenvalue weighted by molar-refractivity contribution is 5.98. The van der Waals surface area contributed by atoms with Crippen LogP contribution >= 0.6 is 0 Å². The Kier molecular flexibility index (Phi) is 6.17. The molecular weight excluding hydrogens is 320 g/mol. The van der Waals surface area contributed by atoms with Gasteiger partial charge in [0, 0.05) is 7.05 Å². The number of hydrogen-bond acceptors (Lipinski definition) is 4. The molecule has 1 aromatic carbocycles. The normalized spacial score (nSPS) is 22.1. The molecule has 3 atom stereocenters. The molecule has 25 heavy (non-hydrogen) atoms. The molecule has 0 aliphatic carbocycles. The van der Waals surface area contributed by atoms with Gasteiger partial charge < -0.3 is 14.5 Å². The third-order valence-electron chi connectivity index (χ3n) is 4.76. The van der Waals surface area contributed by atoms with Gasteiger partial charge in [0.1, 0.15) is 18.1 Å². The summed E-state index contributed by atoms with van der Waals surface area (Å²) in [6.07, 6.45) is 1.04. The van der Waals surface area contributed by atoms with Gasteiger partial charge in [0.05, 0.1) is 6.61 Å². The molecule has 0 N–H and O–H groups in total. The topological polar surface area (TPSA) is 66.9 Å². The Bertz CT molecular complexity index is 632. The maximum atomic E-state index is 12.8. The second-order valence-electron chi connectivity index (χ2n) is 6.34. The van der Waals surface area contributed by atoms with Crippen LogP contribution in [0.3, 0.4) is 0 Å². The van der Waals surface area contributed by atoms with Crippen molar-refractivity contribution in [3.63, 3.8) is 0 Å². The molecule has 3 unspecified atom stereocenters. The lowest BCUT2D eigenvalue weighted by Crippen LogP contribution is -2.65. The van der Waals surface area contributed by atoms with Crippen LogP contribution < -0.4 is 0 Å². The van der Waals surface area contributed by atoms with Crippen LogP contribution in [0.2, 0.25) is 0 Å². The smallest absolute Gasteiger partial charge is 0.328 e. The number of amides is 2. The Labute approximate surface area is 148 Å². The molecule has 1 heterocycles. The highest BCUT2D eigenvalue weighted by atomic mass is 16.5. The number of rotatable bonds is 6. The monoisotopic (exact) mass is 346 g/mol. The van der Waals surface area contributed by atoms with Crippen LogP contribution in [-0.2, 0) is 25.5 Å². The first kappa shape index (κ1) is 19.0. The second kappa shape index (κ2) is 8.14. The van der Waals surface area contributed by atoms with E-state index in [1.54, 1.807) is 27.8 Å². The van der Waals surface area contributed by atoms with Crippen molar-refractivity contribution >= 4 is 17.8 Å². The lowest BCUT2D eigenvalue weighted by Gasteiger charge is -2.44. The van der Waals surface area contributed by atoms with Crippen molar-refractivity contribution in [1.82, 2.24) is 9.80 Å². The van der Waals surface area contributed by atoms with Gasteiger partial charge in [-0.2, -0.15) is 0 Å². The number of hydrogen-bond donors (Lipinski definition) is 0. The van der Waals surface area contributed by atoms with Crippen LogP contribution in [0.15, 0.2) is 30.3 Å². The largest absolute Gasteiger partial charge is 0.464 e. The third kappa shape index (κ3) is 4.00. The van der Waals surface area contributed by atoms with Gasteiger partial charge >= 0.3 is 5.97 Å². The zero-order chi connectivity index (χ0) is 18.6. The van der Waals surface area contributed by atoms with Crippen molar-refractivity contribution < 1.29 is 19.1 Å². The molecule has 2 amide bonds. The molecule has 2 rings (SSSR count). The molecule has 0 bridgehead atoms. The SMILES string of the molecule is CCOC(=O)C(CCc1ccccc1)N1C(=O)C(C)N(C)C(=O)C1C. The van der Waals surface area contributed by atoms with E-state index in [1.165, 1.54) is 9.80 Å². The predicted octanol–water partition coefficient (Wildman–Crippen LogP) is 1.63. The van der Waals surface area contributed by atoms with E-state index < -0.39 is 24.1 Å². The number of benzene rings is 1. The van der Waals surface area contributed by atoms with Crippen LogP contribution in [0.25, 0.3) is 0 Å². The molecule has 1 fully saturated rings. The molecule has 1 aliphatic rings. The van der Waals surface area contributed by atoms with Crippen LogP contribution in [0.1, 0.15) is 32.8 Å². The zero-order valence-electron chi connectivity index (χ0n) is 15.3. The average Bonchev–Trinajstić information content (AvgIpc) is 2.62. The number of nitrogens with zero attached hydrogens (tertiary/aromatic N) is 2. The Balaban J connectivity index is 2.25. The summed E-state index contributed by atoms with van der Waals surface area (Å²) in [5.41, 5.74) is 1.07. The predicted molar refractivity (Wildman–Crippen MR) is 93.7 cm³/mol. The molecular formula is C19H26N2O4. The maximum absolute atomic E-state index is 12.8. The van der Waals surface area contributed by atoms with Crippen LogP contribution in [0.5, 0.6) is 0 Å². The van der Waals surface area contributed by atoms with Crippen molar-refractivity contribution in [2.45, 2.75) is 51.7 Å². The van der Waals surface area contributed by atoms with Crippen molar-refractivity contribution in [1.29, 1.82) is 0 Å². The number of aryl methyl sites for hydroxylation is 1. The summed E-state index contributed by atoms with van der Waals surface area (Å²) in [7, 11) is 1.61. The minimum Gasteiger partial charge on any atom is -0.464 e. The molecule has 0 aromatic heterocycles. The number of piperazine rings is 1. The van der Waals surface area contributed by atoms with Crippen molar-refractivity contribution in [3.05, 3.63) is 35.9 Å². The van der Waals surface area contributed by atoms with Crippen molar-refractivity contribution in [2.75, 3.05) is 13.7 Å². The molecule has 0 spiro atoms. The van der Waals surface area contributed by atoms with E-state index in [9.17, 15) is 14.4 Å². The lowest BCUT2D eigenvalue weighted by molar-refractivity contribution is -0.168. The first-order valence-electron chi connectivity index (χ1n) is 8.67. The average molecular weight is 346 g/mol. The van der Waals surface area contributed by atoms with E-state index in [2.05, 4.69) is 0 Å². The summed E-state index contributed by atoms with van der Waals surface area (Å²) in [6, 6.07) is 7.72. The Morgan fingerprint density at radius 2 is 1.76 bits per heavy atom. The van der Waals surface area contributed by atoms with Gasteiger partial charge in [0.2, 0.25) is 11.8 Å². The fourth-order valence-corrected chi connectivity index (χ4v) is 3.16. The fourth-order valence-electron chi connectivity index (χ4n) is 3.16. The van der Waals surface area contributed by atoms with E-state index in [0.717, 1.165) is 5.56 Å². The summed E-state index contributed by atoms with van der Waals surface area (Å²) in [4.78, 5) is 40.6. The van der Waals surface area contributed by atoms with E-state index >= 15 is 0 Å². The van der Waals surface area contributed by atoms with Gasteiger partial charge in [0.15, 0.2) is 0 Å². The quantitative estimate of drug-likeness (QED) is 0.734. The number of carbonyl (C=O) groups is 3. The number of esters is 1. The van der Waals surface area contributed by atoms with Gasteiger partial charge in [-0.05, 0) is 39.2 Å². The summed E-state index contributed by atoms with van der Waals surface area (Å²) in [5.74, 6) is -0.843. The zero-order valence-corrected chi connectivity index (χ0v) is 15.3. The molecule has 1 saturated heterocycles. The molecule has 0 saturated carbocycles. The summed E-state index contributed by atoms with van der Waals surface area (Å²) >= 11 is 0. The highest BCUT2D eigenvalue weighted by Gasteiger charge is 2.45. The first-order chi connectivity index (χ1) is 11.9. The Morgan fingerprint density at radius 1 is 1.12 bits per heavy atom. The van der Waals surface area contributed by atoms with Crippen LogP contribution in [-0.4, -0.2) is 59.4 Å². The van der Waals surface area contributed by atoms with Crippen LogP contribution in [0.4, 0.5) is 0 Å². The Morgan fingerprint density at radius 3 is 2.36 bits per heavy atom. The first-order valence-corrected chi connectivity index (χ1v) is 8.67. The molecule has 1 aromatic rings. The molecule has 0 radical (unpaired) electrons. The summed E-state index contributed by atoms with van der Waals surface area (Å²) in [5, 5.41) is 0.